The van der Waals surface area contributed by atoms with Crippen LogP contribution in [0.2, 0.25) is 0 Å². The lowest BCUT2D eigenvalue weighted by Crippen LogP contribution is -2.55. The third-order valence-corrected chi connectivity index (χ3v) is 5.38. The summed E-state index contributed by atoms with van der Waals surface area (Å²) in [6, 6.07) is 0.618. The van der Waals surface area contributed by atoms with E-state index in [0.29, 0.717) is 12.5 Å². The van der Waals surface area contributed by atoms with Crippen molar-refractivity contribution in [3.63, 3.8) is 0 Å². The van der Waals surface area contributed by atoms with Crippen LogP contribution < -0.4 is 11.1 Å². The van der Waals surface area contributed by atoms with Crippen LogP contribution >= 0.6 is 12.4 Å². The monoisotopic (exact) mass is 286 g/mol. The number of rotatable bonds is 4. The predicted octanol–water partition coefficient (Wildman–Crippen LogP) is 2.48. The van der Waals surface area contributed by atoms with Gasteiger partial charge in [-0.15, -0.1) is 12.4 Å². The molecule has 4 saturated carbocycles. The number of hydrogen-bond donors (Lipinski definition) is 2. The van der Waals surface area contributed by atoms with Crippen molar-refractivity contribution in [2.24, 2.45) is 29.4 Å². The maximum absolute atomic E-state index is 12.0. The van der Waals surface area contributed by atoms with Crippen LogP contribution in [-0.2, 0) is 4.79 Å². The third-order valence-electron chi connectivity index (χ3n) is 5.38. The molecule has 0 aliphatic heterocycles. The molecule has 0 aromatic rings. The van der Waals surface area contributed by atoms with Gasteiger partial charge in [-0.05, 0) is 69.1 Å². The van der Waals surface area contributed by atoms with E-state index in [9.17, 15) is 4.79 Å². The van der Waals surface area contributed by atoms with Gasteiger partial charge in [0.15, 0.2) is 0 Å². The van der Waals surface area contributed by atoms with Crippen LogP contribution in [0.1, 0.15) is 51.9 Å². The first-order valence-corrected chi connectivity index (χ1v) is 7.66. The van der Waals surface area contributed by atoms with Gasteiger partial charge in [-0.3, -0.25) is 4.79 Å². The molecule has 4 bridgehead atoms. The van der Waals surface area contributed by atoms with E-state index in [2.05, 4.69) is 5.32 Å². The summed E-state index contributed by atoms with van der Waals surface area (Å²) < 4.78 is 0. The summed E-state index contributed by atoms with van der Waals surface area (Å²) in [6.07, 6.45) is 8.34. The molecule has 1 atom stereocenters. The minimum Gasteiger partial charge on any atom is -0.353 e. The van der Waals surface area contributed by atoms with Crippen LogP contribution in [0, 0.1) is 23.7 Å². The van der Waals surface area contributed by atoms with Crippen LogP contribution in [0.25, 0.3) is 0 Å². The zero-order chi connectivity index (χ0) is 12.7. The lowest BCUT2D eigenvalue weighted by Gasteiger charge is -2.54. The lowest BCUT2D eigenvalue weighted by atomic mass is 9.54. The standard InChI is InChI=1S/C15H26N2O.ClH/c1-9(16)2-3-14(18)17-15-12-5-10-4-11(7-12)8-13(15)6-10;/h9-13,15H,2-8,16H2,1H3,(H,17,18);1H. The van der Waals surface area contributed by atoms with Gasteiger partial charge < -0.3 is 11.1 Å². The van der Waals surface area contributed by atoms with E-state index in [1.165, 1.54) is 32.1 Å². The molecular weight excluding hydrogens is 260 g/mol. The summed E-state index contributed by atoms with van der Waals surface area (Å²) >= 11 is 0. The topological polar surface area (TPSA) is 55.1 Å². The summed E-state index contributed by atoms with van der Waals surface area (Å²) in [6.45, 7) is 1.97. The van der Waals surface area contributed by atoms with E-state index in [0.717, 1.165) is 30.1 Å². The van der Waals surface area contributed by atoms with Crippen LogP contribution in [0.4, 0.5) is 0 Å². The molecule has 4 aliphatic rings. The molecule has 0 heterocycles. The van der Waals surface area contributed by atoms with Gasteiger partial charge in [0.25, 0.3) is 0 Å². The highest BCUT2D eigenvalue weighted by Crippen LogP contribution is 2.53. The summed E-state index contributed by atoms with van der Waals surface area (Å²) in [5.41, 5.74) is 5.71. The number of halogens is 1. The van der Waals surface area contributed by atoms with Gasteiger partial charge in [0, 0.05) is 18.5 Å². The highest BCUT2D eigenvalue weighted by Gasteiger charge is 2.48. The Labute approximate surface area is 122 Å². The van der Waals surface area contributed by atoms with Gasteiger partial charge in [-0.2, -0.15) is 0 Å². The molecule has 4 aliphatic carbocycles. The zero-order valence-corrected chi connectivity index (χ0v) is 12.6. The van der Waals surface area contributed by atoms with Crippen molar-refractivity contribution in [2.45, 2.75) is 64.0 Å². The van der Waals surface area contributed by atoms with Crippen LogP contribution in [0.15, 0.2) is 0 Å². The molecule has 1 amide bonds. The van der Waals surface area contributed by atoms with Crippen molar-refractivity contribution in [3.8, 4) is 0 Å². The highest BCUT2D eigenvalue weighted by atomic mass is 35.5. The average molecular weight is 287 g/mol. The number of amides is 1. The molecule has 3 nitrogen and oxygen atoms in total. The molecule has 4 rings (SSSR count). The zero-order valence-electron chi connectivity index (χ0n) is 11.8. The summed E-state index contributed by atoms with van der Waals surface area (Å²) in [7, 11) is 0. The second-order valence-corrected chi connectivity index (χ2v) is 7.04. The molecule has 0 spiro atoms. The molecule has 0 saturated heterocycles. The molecule has 0 aromatic heterocycles. The van der Waals surface area contributed by atoms with Gasteiger partial charge >= 0.3 is 0 Å². The van der Waals surface area contributed by atoms with Gasteiger partial charge in [0.1, 0.15) is 0 Å². The van der Waals surface area contributed by atoms with Crippen molar-refractivity contribution in [1.82, 2.24) is 5.32 Å². The Morgan fingerprint density at radius 2 is 1.68 bits per heavy atom. The van der Waals surface area contributed by atoms with Gasteiger partial charge in [-0.25, -0.2) is 0 Å². The Bertz CT molecular complexity index is 304. The Kier molecular flexibility index (Phi) is 4.78. The minimum atomic E-state index is 0. The molecular formula is C15H27ClN2O. The van der Waals surface area contributed by atoms with Crippen molar-refractivity contribution in [2.75, 3.05) is 0 Å². The minimum absolute atomic E-state index is 0. The molecule has 110 valence electrons. The molecule has 0 aromatic carbocycles. The van der Waals surface area contributed by atoms with E-state index in [4.69, 9.17) is 5.73 Å². The first kappa shape index (κ1) is 15.1. The second-order valence-electron chi connectivity index (χ2n) is 7.04. The lowest BCUT2D eigenvalue weighted by molar-refractivity contribution is -0.125. The first-order valence-electron chi connectivity index (χ1n) is 7.66. The largest absolute Gasteiger partial charge is 0.353 e. The molecule has 4 heteroatoms. The number of hydrogen-bond acceptors (Lipinski definition) is 2. The SMILES string of the molecule is CC(N)CCC(=O)NC1C2CC3CC(C2)CC1C3.Cl. The summed E-state index contributed by atoms with van der Waals surface area (Å²) in [4.78, 5) is 12.0. The number of carbonyl (C=O) groups excluding carboxylic acids is 1. The Hall–Kier alpha value is -0.280. The highest BCUT2D eigenvalue weighted by molar-refractivity contribution is 5.85. The average Bonchev–Trinajstić information content (AvgIpc) is 2.30. The number of nitrogens with one attached hydrogen (secondary N) is 1. The first-order chi connectivity index (χ1) is 8.61. The summed E-state index contributed by atoms with van der Waals surface area (Å²) in [5.74, 6) is 3.74. The van der Waals surface area contributed by atoms with Gasteiger partial charge in [-0.1, -0.05) is 0 Å². The van der Waals surface area contributed by atoms with E-state index < -0.39 is 0 Å². The molecule has 4 fully saturated rings. The van der Waals surface area contributed by atoms with Gasteiger partial charge in [0.2, 0.25) is 5.91 Å². The summed E-state index contributed by atoms with van der Waals surface area (Å²) in [5, 5.41) is 3.32. The fourth-order valence-electron chi connectivity index (χ4n) is 4.78. The van der Waals surface area contributed by atoms with E-state index in [1.807, 2.05) is 6.92 Å². The van der Waals surface area contributed by atoms with Crippen molar-refractivity contribution in [3.05, 3.63) is 0 Å². The normalized spacial score (nSPS) is 40.6. The number of carbonyl (C=O) groups is 1. The fraction of sp³-hybridized carbons (Fsp3) is 0.933. The van der Waals surface area contributed by atoms with Gasteiger partial charge in [0.05, 0.1) is 0 Å². The van der Waals surface area contributed by atoms with Crippen molar-refractivity contribution < 1.29 is 4.79 Å². The van der Waals surface area contributed by atoms with Crippen LogP contribution in [-0.4, -0.2) is 18.0 Å². The fourth-order valence-corrected chi connectivity index (χ4v) is 4.78. The van der Waals surface area contributed by atoms with E-state index >= 15 is 0 Å². The number of nitrogens with two attached hydrogens (primary N) is 1. The van der Waals surface area contributed by atoms with Crippen LogP contribution in [0.3, 0.4) is 0 Å². The van der Waals surface area contributed by atoms with Crippen LogP contribution in [0.5, 0.6) is 0 Å². The molecule has 3 N–H and O–H groups in total. The van der Waals surface area contributed by atoms with Crippen molar-refractivity contribution >= 4 is 18.3 Å². The van der Waals surface area contributed by atoms with E-state index in [1.54, 1.807) is 0 Å². The third kappa shape index (κ3) is 3.25. The maximum Gasteiger partial charge on any atom is 0.220 e. The Morgan fingerprint density at radius 3 is 2.16 bits per heavy atom. The molecule has 19 heavy (non-hydrogen) atoms. The smallest absolute Gasteiger partial charge is 0.220 e. The molecule has 1 unspecified atom stereocenters. The predicted molar refractivity (Wildman–Crippen MR) is 79.1 cm³/mol. The maximum atomic E-state index is 12.0. The molecule has 0 radical (unpaired) electrons. The second kappa shape index (κ2) is 6.01. The Balaban J connectivity index is 0.00000133. The quantitative estimate of drug-likeness (QED) is 0.834. The van der Waals surface area contributed by atoms with E-state index in [-0.39, 0.29) is 24.4 Å². The Morgan fingerprint density at radius 1 is 1.16 bits per heavy atom. The van der Waals surface area contributed by atoms with Crippen molar-refractivity contribution in [1.29, 1.82) is 0 Å².